The molecule has 0 unspecified atom stereocenters. The first-order valence-electron chi connectivity index (χ1n) is 27.1. The standard InChI is InChI=1S/C23H19NO3.C21H15NO3.C17H14BrNO3.C6H7BO2.CH2Cl2.2CH4.BBr3/c1-26-18-10-8-17(9-11-18)24-15-22(16-6-4-3-5-7-16)21-14-19(27-2)12-13-20(21)23(24)25;23-16-8-6-15(7-9-16)22-13-20(14-4-2-1-3-5-14)19-12-17(24)10-11-18(19)21(22)25;1-21-12-5-3-11(4-6-12)19-10-16(18)15-9-13(22-2)7-8-14(15)17(19)20;8-7(9)6-4-2-1-3-5-6;2-1-3;;;2-1(3)4/h3-15H,1-2H3;1-13,23-24H;3-10H,1-2H3;1-5,8-9H;1H2;2*1H4;. The number of halogens is 6. The van der Waals surface area contributed by atoms with Gasteiger partial charge in [0.25, 0.3) is 16.7 Å². The van der Waals surface area contributed by atoms with Crippen molar-refractivity contribution in [3.05, 3.63) is 273 Å². The van der Waals surface area contributed by atoms with Gasteiger partial charge in [-0.1, -0.05) is 106 Å². The number of ether oxygens (including phenoxy) is 4. The highest BCUT2D eigenvalue weighted by Crippen LogP contribution is 2.33. The van der Waals surface area contributed by atoms with Crippen LogP contribution in [0, 0.1) is 0 Å². The largest absolute Gasteiger partial charge is 0.508 e. The first-order valence-corrected chi connectivity index (χ1v) is 31.7. The SMILES string of the molecule is BrB(Br)Br.C.C.COc1ccc(-n2cc(-c3ccccc3)c3cc(OC)ccc3c2=O)cc1.COc1ccc(-n2cc(Br)c3cc(OC)ccc3c2=O)cc1.ClCCl.O=c1c2ccc(O)cc2c(-c2ccccc2)cn1-c1ccc(O)cc1.OB(O)c1ccccc1. The molecule has 474 valence electrons. The molecule has 0 amide bonds. The molecule has 3 heterocycles. The van der Waals surface area contributed by atoms with E-state index >= 15 is 0 Å². The molecular weight excluding hydrogens is 1470 g/mol. The third-order valence-corrected chi connectivity index (χ3v) is 14.1. The maximum absolute atomic E-state index is 13.2. The quantitative estimate of drug-likeness (QED) is 0.0755. The van der Waals surface area contributed by atoms with Crippen LogP contribution in [-0.4, -0.2) is 78.0 Å². The van der Waals surface area contributed by atoms with Crippen LogP contribution in [-0.2, 0) is 0 Å². The van der Waals surface area contributed by atoms with Gasteiger partial charge >= 0.3 is 10.3 Å². The molecule has 12 rings (SSSR count). The lowest BCUT2D eigenvalue weighted by atomic mass is 9.81. The number of hydrogen-bond donors (Lipinski definition) is 4. The number of fused-ring (bicyclic) bond motifs is 3. The molecule has 0 aliphatic heterocycles. The predicted molar refractivity (Wildman–Crippen MR) is 396 cm³/mol. The lowest BCUT2D eigenvalue weighted by Crippen LogP contribution is -2.29. The molecule has 9 aromatic carbocycles. The van der Waals surface area contributed by atoms with Crippen molar-refractivity contribution in [2.45, 2.75) is 14.9 Å². The Hall–Kier alpha value is -8.04. The summed E-state index contributed by atoms with van der Waals surface area (Å²) in [5.74, 6) is 3.20. The Balaban J connectivity index is 0.000000222. The van der Waals surface area contributed by atoms with Crippen molar-refractivity contribution in [3.63, 3.8) is 0 Å². The van der Waals surface area contributed by atoms with Crippen molar-refractivity contribution in [1.82, 2.24) is 13.7 Å². The van der Waals surface area contributed by atoms with E-state index in [2.05, 4.69) is 63.2 Å². The van der Waals surface area contributed by atoms with Gasteiger partial charge in [0.05, 0.1) is 33.8 Å². The summed E-state index contributed by atoms with van der Waals surface area (Å²) in [4.78, 5) is 38.8. The molecule has 14 nitrogen and oxygen atoms in total. The molecule has 0 atom stereocenters. The van der Waals surface area contributed by atoms with Gasteiger partial charge in [0, 0.05) is 83.6 Å². The number of phenolic OH excluding ortho intramolecular Hbond substituents is 2. The van der Waals surface area contributed by atoms with Crippen LogP contribution in [0.5, 0.6) is 34.5 Å². The molecule has 0 saturated carbocycles. The Labute approximate surface area is 577 Å². The van der Waals surface area contributed by atoms with Crippen LogP contribution in [0.1, 0.15) is 14.9 Å². The van der Waals surface area contributed by atoms with E-state index < -0.39 is 7.12 Å². The molecule has 0 radical (unpaired) electrons. The minimum absolute atomic E-state index is 0. The van der Waals surface area contributed by atoms with Gasteiger partial charge < -0.3 is 39.2 Å². The van der Waals surface area contributed by atoms with Gasteiger partial charge in [-0.25, -0.2) is 0 Å². The molecule has 12 aromatic rings. The average molecular weight is 1540 g/mol. The van der Waals surface area contributed by atoms with Crippen molar-refractivity contribution >= 4 is 134 Å². The van der Waals surface area contributed by atoms with Crippen molar-refractivity contribution in [2.24, 2.45) is 0 Å². The number of alkyl halides is 2. The Morgan fingerprint density at radius 2 is 0.707 bits per heavy atom. The highest BCUT2D eigenvalue weighted by Gasteiger charge is 2.16. The van der Waals surface area contributed by atoms with Gasteiger partial charge in [-0.15, -0.1) is 70.5 Å². The number of hydrogen-bond acceptors (Lipinski definition) is 11. The number of pyridine rings is 3. The van der Waals surface area contributed by atoms with Gasteiger partial charge in [-0.2, -0.15) is 0 Å². The number of phenols is 2. The minimum Gasteiger partial charge on any atom is -0.508 e. The van der Waals surface area contributed by atoms with E-state index in [1.165, 1.54) is 6.07 Å². The minimum atomic E-state index is -1.34. The summed E-state index contributed by atoms with van der Waals surface area (Å²) in [5, 5.41) is 40.9. The van der Waals surface area contributed by atoms with Crippen LogP contribution in [0.25, 0.3) is 71.6 Å². The van der Waals surface area contributed by atoms with E-state index in [4.69, 9.17) is 52.2 Å². The highest BCUT2D eigenvalue weighted by molar-refractivity contribution is 9.69. The molecule has 0 saturated heterocycles. The summed E-state index contributed by atoms with van der Waals surface area (Å²) < 4.78 is 26.9. The van der Waals surface area contributed by atoms with Gasteiger partial charge in [0.1, 0.15) is 34.5 Å². The third kappa shape index (κ3) is 19.7. The summed E-state index contributed by atoms with van der Waals surface area (Å²) in [6.07, 6.45) is 5.43. The molecule has 22 heteroatoms. The van der Waals surface area contributed by atoms with Crippen LogP contribution < -0.4 is 41.1 Å². The first-order chi connectivity index (χ1) is 43.4. The summed E-state index contributed by atoms with van der Waals surface area (Å²) in [6, 6.07) is 65.4. The number of aromatic hydroxyl groups is 2. The zero-order valence-corrected chi connectivity index (χ0v) is 56.5. The van der Waals surface area contributed by atoms with E-state index in [0.29, 0.717) is 32.7 Å². The normalized spacial score (nSPS) is 10.0. The monoisotopic (exact) mass is 1530 g/mol. The lowest BCUT2D eigenvalue weighted by Gasteiger charge is -2.14. The van der Waals surface area contributed by atoms with Crippen LogP contribution in [0.4, 0.5) is 0 Å². The number of rotatable bonds is 10. The predicted octanol–water partition coefficient (Wildman–Crippen LogP) is 16.7. The van der Waals surface area contributed by atoms with Crippen molar-refractivity contribution in [1.29, 1.82) is 0 Å². The highest BCUT2D eigenvalue weighted by atomic mass is 79.9. The van der Waals surface area contributed by atoms with Crippen molar-refractivity contribution < 1.29 is 39.2 Å². The maximum Gasteiger partial charge on any atom is 0.488 e. The molecule has 3 aromatic heterocycles. The number of benzene rings is 9. The maximum atomic E-state index is 13.2. The second kappa shape index (κ2) is 36.9. The van der Waals surface area contributed by atoms with Crippen molar-refractivity contribution in [3.8, 4) is 73.8 Å². The van der Waals surface area contributed by atoms with Gasteiger partial charge in [0.15, 0.2) is 0 Å². The van der Waals surface area contributed by atoms with E-state index in [0.717, 1.165) is 71.9 Å². The molecular formula is C70H65B2Br4Cl2N3O11. The zero-order chi connectivity index (χ0) is 64.9. The number of aromatic nitrogens is 3. The van der Waals surface area contributed by atoms with E-state index in [1.807, 2.05) is 146 Å². The zero-order valence-electron chi connectivity index (χ0n) is 48.6. The van der Waals surface area contributed by atoms with Gasteiger partial charge in [-0.05, 0) is 160 Å². The van der Waals surface area contributed by atoms with E-state index in [9.17, 15) is 24.6 Å². The fraction of sp³-hybridized carbons (Fsp3) is 0.100. The van der Waals surface area contributed by atoms with Gasteiger partial charge in [-0.3, -0.25) is 28.1 Å². The molecule has 4 N–H and O–H groups in total. The number of methoxy groups -OCH3 is 4. The van der Waals surface area contributed by atoms with E-state index in [-0.39, 0.29) is 51.6 Å². The molecule has 0 aliphatic rings. The molecule has 0 spiro atoms. The molecule has 0 bridgehead atoms. The second-order valence-electron chi connectivity index (χ2n) is 18.9. The number of nitrogens with zero attached hydrogens (tertiary/aromatic N) is 3. The van der Waals surface area contributed by atoms with E-state index in [1.54, 1.807) is 127 Å². The lowest BCUT2D eigenvalue weighted by molar-refractivity contribution is 0.414. The second-order valence-corrected chi connectivity index (χ2v) is 27.0. The summed E-state index contributed by atoms with van der Waals surface area (Å²) in [6.45, 7) is 0. The summed E-state index contributed by atoms with van der Waals surface area (Å²) in [5.41, 5.74) is 6.24. The smallest absolute Gasteiger partial charge is 0.488 e. The van der Waals surface area contributed by atoms with Crippen molar-refractivity contribution in [2.75, 3.05) is 33.8 Å². The Kier molecular flexibility index (Phi) is 29.9. The fourth-order valence-corrected chi connectivity index (χ4v) is 9.71. The van der Waals surface area contributed by atoms with Crippen LogP contribution in [0.2, 0.25) is 0 Å². The van der Waals surface area contributed by atoms with Crippen LogP contribution >= 0.6 is 86.4 Å². The average Bonchev–Trinajstić information content (AvgIpc) is 0.791. The Bertz CT molecular complexity index is 4480. The topological polar surface area (TPSA) is 184 Å². The summed E-state index contributed by atoms with van der Waals surface area (Å²) >= 11 is 22.4. The van der Waals surface area contributed by atoms with Gasteiger partial charge in [0.2, 0.25) is 0 Å². The Morgan fingerprint density at radius 1 is 0.402 bits per heavy atom. The molecule has 0 fully saturated rings. The van der Waals surface area contributed by atoms with Crippen LogP contribution in [0.3, 0.4) is 0 Å². The summed E-state index contributed by atoms with van der Waals surface area (Å²) in [7, 11) is 5.13. The third-order valence-electron chi connectivity index (χ3n) is 13.5. The molecule has 92 heavy (non-hydrogen) atoms. The van der Waals surface area contributed by atoms with Crippen LogP contribution in [0.15, 0.2) is 256 Å². The Morgan fingerprint density at radius 3 is 1.08 bits per heavy atom. The first kappa shape index (κ1) is 74.7. The molecule has 0 aliphatic carbocycles. The fourth-order valence-electron chi connectivity index (χ4n) is 9.18.